The SMILES string of the molecule is CNB(C(F)F)n1c(/C=C/CC2CC2C)cc(C)c1C. The molecule has 2 atom stereocenters. The van der Waals surface area contributed by atoms with Crippen molar-refractivity contribution < 1.29 is 8.78 Å². The van der Waals surface area contributed by atoms with Gasteiger partial charge in [-0.2, -0.15) is 0 Å². The summed E-state index contributed by atoms with van der Waals surface area (Å²) in [5.74, 6) is 1.60. The van der Waals surface area contributed by atoms with Crippen LogP contribution in [0.25, 0.3) is 6.08 Å². The van der Waals surface area contributed by atoms with Crippen molar-refractivity contribution in [1.29, 1.82) is 0 Å². The molecule has 1 aliphatic rings. The minimum absolute atomic E-state index is 0.784. The molecule has 1 aromatic heterocycles. The summed E-state index contributed by atoms with van der Waals surface area (Å²) >= 11 is 0. The number of aryl methyl sites for hydroxylation is 1. The van der Waals surface area contributed by atoms with Crippen LogP contribution in [-0.2, 0) is 0 Å². The van der Waals surface area contributed by atoms with Gasteiger partial charge in [-0.1, -0.05) is 13.0 Å². The van der Waals surface area contributed by atoms with Crippen molar-refractivity contribution in [3.05, 3.63) is 29.1 Å². The number of rotatable bonds is 6. The lowest BCUT2D eigenvalue weighted by molar-refractivity contribution is 0.227. The average Bonchev–Trinajstić information content (AvgIpc) is 3.01. The van der Waals surface area contributed by atoms with Gasteiger partial charge in [-0.3, -0.25) is 0 Å². The van der Waals surface area contributed by atoms with Crippen molar-refractivity contribution in [3.63, 3.8) is 0 Å². The molecule has 0 aromatic carbocycles. The molecule has 2 nitrogen and oxygen atoms in total. The molecule has 2 rings (SSSR count). The van der Waals surface area contributed by atoms with Gasteiger partial charge in [0.05, 0.1) is 0 Å². The van der Waals surface area contributed by atoms with E-state index in [2.05, 4.69) is 18.2 Å². The van der Waals surface area contributed by atoms with Crippen LogP contribution in [0.2, 0.25) is 0 Å². The molecule has 0 aliphatic heterocycles. The summed E-state index contributed by atoms with van der Waals surface area (Å²) < 4.78 is 28.0. The highest BCUT2D eigenvalue weighted by Gasteiger charge is 2.32. The smallest absolute Gasteiger partial charge is 0.370 e. The van der Waals surface area contributed by atoms with E-state index in [-0.39, 0.29) is 0 Å². The molecule has 0 bridgehead atoms. The summed E-state index contributed by atoms with van der Waals surface area (Å²) in [5.41, 5.74) is 2.79. The molecule has 1 heterocycles. The summed E-state index contributed by atoms with van der Waals surface area (Å²) in [7, 11) is 1.57. The predicted molar refractivity (Wildman–Crippen MR) is 81.0 cm³/mol. The monoisotopic (exact) mass is 280 g/mol. The first kappa shape index (κ1) is 15.3. The largest absolute Gasteiger partial charge is 0.420 e. The molecule has 1 fully saturated rings. The van der Waals surface area contributed by atoms with Crippen LogP contribution in [0.1, 0.15) is 36.7 Å². The topological polar surface area (TPSA) is 17.0 Å². The van der Waals surface area contributed by atoms with Crippen molar-refractivity contribution in [1.82, 2.24) is 9.71 Å². The molecule has 1 N–H and O–H groups in total. The molecular formula is C15H23BF2N2. The molecule has 0 spiro atoms. The molecule has 1 saturated carbocycles. The van der Waals surface area contributed by atoms with Gasteiger partial charge in [0.2, 0.25) is 6.32 Å². The van der Waals surface area contributed by atoms with E-state index in [1.54, 1.807) is 11.5 Å². The molecule has 0 amide bonds. The highest BCUT2D eigenvalue weighted by atomic mass is 19.3. The van der Waals surface area contributed by atoms with Crippen LogP contribution in [0.3, 0.4) is 0 Å². The number of alkyl halides is 2. The van der Waals surface area contributed by atoms with E-state index in [4.69, 9.17) is 0 Å². The zero-order valence-electron chi connectivity index (χ0n) is 12.7. The summed E-state index contributed by atoms with van der Waals surface area (Å²) in [6.07, 6.45) is 4.01. The minimum atomic E-state index is -2.43. The Balaban J connectivity index is 2.21. The first-order chi connectivity index (χ1) is 9.45. The molecule has 110 valence electrons. The Labute approximate surface area is 120 Å². The standard InChI is InChI=1S/C15H23BF2N2/c1-10-9-14(7-5-6-13-8-11(13)2)20(12(10)3)16(19-4)15(17)18/h5,7,9,11,13,15,19H,6,8H2,1-4H3/b7-5+. The van der Waals surface area contributed by atoms with Crippen LogP contribution in [0, 0.1) is 25.7 Å². The van der Waals surface area contributed by atoms with Crippen molar-refractivity contribution in [3.8, 4) is 0 Å². The van der Waals surface area contributed by atoms with Crippen LogP contribution in [0.15, 0.2) is 12.1 Å². The van der Waals surface area contributed by atoms with Crippen LogP contribution in [0.5, 0.6) is 0 Å². The van der Waals surface area contributed by atoms with Gasteiger partial charge in [0, 0.05) is 11.4 Å². The van der Waals surface area contributed by atoms with Crippen molar-refractivity contribution >= 4 is 13.1 Å². The minimum Gasteiger partial charge on any atom is -0.370 e. The van der Waals surface area contributed by atoms with Crippen molar-refractivity contribution in [2.45, 2.75) is 39.9 Å². The maximum atomic E-state index is 13.2. The molecule has 0 saturated heterocycles. The molecule has 2 unspecified atom stereocenters. The Morgan fingerprint density at radius 3 is 2.65 bits per heavy atom. The van der Waals surface area contributed by atoms with Crippen LogP contribution in [-0.4, -0.2) is 24.8 Å². The van der Waals surface area contributed by atoms with Crippen LogP contribution < -0.4 is 5.23 Å². The van der Waals surface area contributed by atoms with E-state index in [1.807, 2.05) is 26.0 Å². The number of aromatic nitrogens is 1. The molecular weight excluding hydrogens is 257 g/mol. The lowest BCUT2D eigenvalue weighted by Crippen LogP contribution is -2.46. The summed E-state index contributed by atoms with van der Waals surface area (Å²) in [5, 5.41) is 2.71. The van der Waals surface area contributed by atoms with Gasteiger partial charge in [-0.05, 0) is 63.3 Å². The molecule has 0 radical (unpaired) electrons. The Kier molecular flexibility index (Phi) is 4.68. The predicted octanol–water partition coefficient (Wildman–Crippen LogP) is 3.52. The van der Waals surface area contributed by atoms with Gasteiger partial charge in [-0.15, -0.1) is 0 Å². The van der Waals surface area contributed by atoms with Gasteiger partial charge in [-0.25, -0.2) is 8.78 Å². The van der Waals surface area contributed by atoms with Crippen LogP contribution in [0.4, 0.5) is 8.78 Å². The maximum Gasteiger partial charge on any atom is 0.420 e. The maximum absolute atomic E-state index is 13.2. The van der Waals surface area contributed by atoms with Gasteiger partial charge in [0.15, 0.2) is 0 Å². The highest BCUT2D eigenvalue weighted by molar-refractivity contribution is 6.55. The van der Waals surface area contributed by atoms with Crippen molar-refractivity contribution in [2.75, 3.05) is 7.05 Å². The first-order valence-corrected chi connectivity index (χ1v) is 7.26. The molecule has 1 aliphatic carbocycles. The third-order valence-corrected chi connectivity index (χ3v) is 4.39. The zero-order chi connectivity index (χ0) is 14.9. The van der Waals surface area contributed by atoms with Gasteiger partial charge >= 0.3 is 6.98 Å². The second kappa shape index (κ2) is 6.12. The van der Waals surface area contributed by atoms with Crippen molar-refractivity contribution in [2.24, 2.45) is 11.8 Å². The fourth-order valence-electron chi connectivity index (χ4n) is 2.74. The summed E-state index contributed by atoms with van der Waals surface area (Å²) in [4.78, 5) is 0. The Bertz CT molecular complexity index is 496. The number of hydrogen-bond acceptors (Lipinski definition) is 1. The third-order valence-electron chi connectivity index (χ3n) is 4.39. The van der Waals surface area contributed by atoms with E-state index in [0.717, 1.165) is 35.2 Å². The van der Waals surface area contributed by atoms with Gasteiger partial charge in [0.1, 0.15) is 0 Å². The van der Waals surface area contributed by atoms with Crippen LogP contribution >= 0.6 is 0 Å². The highest BCUT2D eigenvalue weighted by Crippen LogP contribution is 2.40. The quantitative estimate of drug-likeness (QED) is 0.789. The number of allylic oxidation sites excluding steroid dienone is 1. The van der Waals surface area contributed by atoms with E-state index in [9.17, 15) is 8.78 Å². The van der Waals surface area contributed by atoms with E-state index in [1.165, 1.54) is 6.42 Å². The third kappa shape index (κ3) is 3.14. The van der Waals surface area contributed by atoms with E-state index < -0.39 is 13.3 Å². The fourth-order valence-corrected chi connectivity index (χ4v) is 2.74. The van der Waals surface area contributed by atoms with Gasteiger partial charge < -0.3 is 9.71 Å². The van der Waals surface area contributed by atoms with E-state index >= 15 is 0 Å². The molecule has 1 aromatic rings. The number of nitrogens with zero attached hydrogens (tertiary/aromatic N) is 1. The zero-order valence-corrected chi connectivity index (χ0v) is 12.7. The summed E-state index contributed by atoms with van der Waals surface area (Å²) in [6.45, 7) is 5.14. The lowest BCUT2D eigenvalue weighted by Gasteiger charge is -2.17. The van der Waals surface area contributed by atoms with E-state index in [0.29, 0.717) is 0 Å². The number of hydrogen-bond donors (Lipinski definition) is 1. The second-order valence-corrected chi connectivity index (χ2v) is 5.89. The number of halogens is 2. The lowest BCUT2D eigenvalue weighted by atomic mass is 9.76. The Morgan fingerprint density at radius 2 is 2.15 bits per heavy atom. The second-order valence-electron chi connectivity index (χ2n) is 5.89. The Morgan fingerprint density at radius 1 is 1.50 bits per heavy atom. The molecule has 20 heavy (non-hydrogen) atoms. The average molecular weight is 280 g/mol. The molecule has 5 heteroatoms. The Hall–Kier alpha value is -1.10. The first-order valence-electron chi connectivity index (χ1n) is 7.26. The summed E-state index contributed by atoms with van der Waals surface area (Å²) in [6, 6.07) is 1.98. The number of nitrogens with one attached hydrogen (secondary N) is 1. The fraction of sp³-hybridized carbons (Fsp3) is 0.600. The normalized spacial score (nSPS) is 21.9. The van der Waals surface area contributed by atoms with Gasteiger partial charge in [0.25, 0.3) is 0 Å².